The van der Waals surface area contributed by atoms with Crippen LogP contribution in [-0.4, -0.2) is 33.0 Å². The molecule has 0 fully saturated rings. The molecule has 2 aromatic carbocycles. The number of ether oxygens (including phenoxy) is 1. The highest BCUT2D eigenvalue weighted by Gasteiger charge is 2.10. The molecule has 7 heteroatoms. The van der Waals surface area contributed by atoms with Gasteiger partial charge in [-0.05, 0) is 42.3 Å². The van der Waals surface area contributed by atoms with Gasteiger partial charge in [0, 0.05) is 16.7 Å². The third-order valence-electron chi connectivity index (χ3n) is 3.94. The van der Waals surface area contributed by atoms with Crippen molar-refractivity contribution in [3.63, 3.8) is 0 Å². The van der Waals surface area contributed by atoms with Crippen LogP contribution in [0.5, 0.6) is 5.75 Å². The van der Waals surface area contributed by atoms with E-state index < -0.39 is 0 Å². The smallest absolute Gasteiger partial charge is 0.211 e. The molecule has 126 valence electrons. The first-order valence-corrected chi connectivity index (χ1v) is 8.79. The first-order chi connectivity index (χ1) is 12.2. The van der Waals surface area contributed by atoms with Crippen molar-refractivity contribution in [1.82, 2.24) is 20.2 Å². The van der Waals surface area contributed by atoms with Gasteiger partial charge in [0.05, 0.1) is 7.11 Å². The highest BCUT2D eigenvalue weighted by Crippen LogP contribution is 2.24. The number of methoxy groups -OCH3 is 1. The first-order valence-electron chi connectivity index (χ1n) is 7.80. The molecule has 0 saturated heterocycles. The van der Waals surface area contributed by atoms with Gasteiger partial charge in [0.15, 0.2) is 5.65 Å². The minimum atomic E-state index is -0.298. The maximum absolute atomic E-state index is 13.4. The van der Waals surface area contributed by atoms with E-state index in [0.29, 0.717) is 21.7 Å². The molecule has 4 rings (SSSR count). The van der Waals surface area contributed by atoms with Crippen LogP contribution >= 0.6 is 11.8 Å². The van der Waals surface area contributed by atoms with Crippen LogP contribution in [0.4, 0.5) is 4.39 Å². The predicted molar refractivity (Wildman–Crippen MR) is 96.6 cm³/mol. The summed E-state index contributed by atoms with van der Waals surface area (Å²) in [5.74, 6) is 1.40. The summed E-state index contributed by atoms with van der Waals surface area (Å²) >= 11 is 1.54. The molecule has 0 bridgehead atoms. The number of benzene rings is 2. The monoisotopic (exact) mass is 354 g/mol. The van der Waals surface area contributed by atoms with Gasteiger partial charge in [-0.1, -0.05) is 23.9 Å². The van der Waals surface area contributed by atoms with Crippen molar-refractivity contribution < 1.29 is 9.13 Å². The molecule has 0 spiro atoms. The Labute approximate surface area is 147 Å². The molecule has 1 N–H and O–H groups in total. The fourth-order valence-corrected chi connectivity index (χ4v) is 3.42. The van der Waals surface area contributed by atoms with Crippen LogP contribution in [0, 0.1) is 5.82 Å². The molecular formula is C18H15FN4OS. The molecule has 0 amide bonds. The van der Waals surface area contributed by atoms with Gasteiger partial charge in [0.25, 0.3) is 0 Å². The van der Waals surface area contributed by atoms with E-state index in [2.05, 4.69) is 20.2 Å². The van der Waals surface area contributed by atoms with Crippen molar-refractivity contribution in [2.24, 2.45) is 0 Å². The molecule has 4 aromatic rings. The van der Waals surface area contributed by atoms with Gasteiger partial charge >= 0.3 is 0 Å². The van der Waals surface area contributed by atoms with Gasteiger partial charge in [-0.15, -0.1) is 10.2 Å². The Hall–Kier alpha value is -2.67. The summed E-state index contributed by atoms with van der Waals surface area (Å²) < 4.78 is 18.6. The molecule has 0 aliphatic carbocycles. The van der Waals surface area contributed by atoms with Crippen LogP contribution in [0.1, 0.15) is 5.56 Å². The normalized spacial score (nSPS) is 11.3. The molecular weight excluding hydrogens is 339 g/mol. The summed E-state index contributed by atoms with van der Waals surface area (Å²) in [6, 6.07) is 12.5. The third kappa shape index (κ3) is 3.28. The Balaban J connectivity index is 1.48. The highest BCUT2D eigenvalue weighted by molar-refractivity contribution is 7.99. The van der Waals surface area contributed by atoms with Crippen molar-refractivity contribution in [2.75, 3.05) is 12.9 Å². The standard InChI is InChI=1S/C18H15FN4OS/c1-24-13-5-2-11(3-6-13)8-9-25-18-21-17-16(22-23-18)14-10-12(19)4-7-15(14)20-17/h2-7,10H,8-9H2,1H3,(H,20,21,23). The average molecular weight is 354 g/mol. The maximum atomic E-state index is 13.4. The first kappa shape index (κ1) is 15.8. The number of nitrogens with one attached hydrogen (secondary N) is 1. The van der Waals surface area contributed by atoms with E-state index in [0.717, 1.165) is 23.4 Å². The lowest BCUT2D eigenvalue weighted by Crippen LogP contribution is -1.94. The summed E-state index contributed by atoms with van der Waals surface area (Å²) in [4.78, 5) is 7.65. The second kappa shape index (κ2) is 6.68. The SMILES string of the molecule is COc1ccc(CCSc2nnc3c(n2)[nH]c2ccc(F)cc23)cc1. The van der Waals surface area contributed by atoms with Crippen molar-refractivity contribution >= 4 is 33.8 Å². The fourth-order valence-electron chi connectivity index (χ4n) is 2.64. The van der Waals surface area contributed by atoms with Gasteiger partial charge in [-0.25, -0.2) is 9.37 Å². The van der Waals surface area contributed by atoms with E-state index in [1.54, 1.807) is 24.9 Å². The average Bonchev–Trinajstić information content (AvgIpc) is 2.99. The number of aryl methyl sites for hydroxylation is 1. The number of hydrogen-bond acceptors (Lipinski definition) is 5. The van der Waals surface area contributed by atoms with Crippen molar-refractivity contribution in [1.29, 1.82) is 0 Å². The predicted octanol–water partition coefficient (Wildman–Crippen LogP) is 3.99. The summed E-state index contributed by atoms with van der Waals surface area (Å²) in [5.41, 5.74) is 3.25. The summed E-state index contributed by atoms with van der Waals surface area (Å²) in [5, 5.41) is 9.67. The number of rotatable bonds is 5. The van der Waals surface area contributed by atoms with Crippen LogP contribution in [0.2, 0.25) is 0 Å². The number of halogens is 1. The van der Waals surface area contributed by atoms with Gasteiger partial charge in [-0.2, -0.15) is 0 Å². The number of nitrogens with zero attached hydrogens (tertiary/aromatic N) is 3. The lowest BCUT2D eigenvalue weighted by molar-refractivity contribution is 0.414. The number of aromatic nitrogens is 4. The van der Waals surface area contributed by atoms with E-state index in [1.807, 2.05) is 24.3 Å². The Morgan fingerprint density at radius 1 is 1.12 bits per heavy atom. The van der Waals surface area contributed by atoms with E-state index in [-0.39, 0.29) is 5.82 Å². The number of aromatic amines is 1. The zero-order valence-corrected chi connectivity index (χ0v) is 14.3. The molecule has 0 saturated carbocycles. The Morgan fingerprint density at radius 2 is 1.96 bits per heavy atom. The molecule has 0 aliphatic heterocycles. The van der Waals surface area contributed by atoms with Crippen molar-refractivity contribution in [2.45, 2.75) is 11.6 Å². The van der Waals surface area contributed by atoms with Crippen LogP contribution in [0.3, 0.4) is 0 Å². The second-order valence-electron chi connectivity index (χ2n) is 5.55. The Morgan fingerprint density at radius 3 is 2.76 bits per heavy atom. The number of H-pyrrole nitrogens is 1. The van der Waals surface area contributed by atoms with Crippen LogP contribution < -0.4 is 4.74 Å². The van der Waals surface area contributed by atoms with Gasteiger partial charge < -0.3 is 9.72 Å². The Kier molecular flexibility index (Phi) is 4.23. The molecule has 2 aromatic heterocycles. The maximum Gasteiger partial charge on any atom is 0.211 e. The summed E-state index contributed by atoms with van der Waals surface area (Å²) in [6.45, 7) is 0. The van der Waals surface area contributed by atoms with Gasteiger partial charge in [0.2, 0.25) is 5.16 Å². The summed E-state index contributed by atoms with van der Waals surface area (Å²) in [6.07, 6.45) is 0.897. The molecule has 0 aliphatic rings. The molecule has 0 radical (unpaired) electrons. The van der Waals surface area contributed by atoms with E-state index in [1.165, 1.54) is 17.7 Å². The summed E-state index contributed by atoms with van der Waals surface area (Å²) in [7, 11) is 1.66. The van der Waals surface area contributed by atoms with Gasteiger partial charge in [0.1, 0.15) is 17.1 Å². The van der Waals surface area contributed by atoms with Crippen LogP contribution in [0.25, 0.3) is 22.1 Å². The molecule has 25 heavy (non-hydrogen) atoms. The minimum Gasteiger partial charge on any atom is -0.497 e. The number of fused-ring (bicyclic) bond motifs is 3. The highest BCUT2D eigenvalue weighted by atomic mass is 32.2. The van der Waals surface area contributed by atoms with E-state index >= 15 is 0 Å². The van der Waals surface area contributed by atoms with Crippen LogP contribution in [-0.2, 0) is 6.42 Å². The lowest BCUT2D eigenvalue weighted by atomic mass is 10.2. The molecule has 2 heterocycles. The Bertz CT molecular complexity index is 1030. The van der Waals surface area contributed by atoms with Gasteiger partial charge in [-0.3, -0.25) is 0 Å². The third-order valence-corrected chi connectivity index (χ3v) is 4.78. The fraction of sp³-hybridized carbons (Fsp3) is 0.167. The zero-order chi connectivity index (χ0) is 17.2. The number of thioether (sulfide) groups is 1. The van der Waals surface area contributed by atoms with Crippen molar-refractivity contribution in [3.05, 3.63) is 53.8 Å². The molecule has 0 unspecified atom stereocenters. The van der Waals surface area contributed by atoms with Crippen LogP contribution in [0.15, 0.2) is 47.6 Å². The molecule has 0 atom stereocenters. The topological polar surface area (TPSA) is 63.7 Å². The minimum absolute atomic E-state index is 0.298. The van der Waals surface area contributed by atoms with E-state index in [9.17, 15) is 4.39 Å². The lowest BCUT2D eigenvalue weighted by Gasteiger charge is -2.03. The quantitative estimate of drug-likeness (QED) is 0.549. The number of hydrogen-bond donors (Lipinski definition) is 1. The van der Waals surface area contributed by atoms with Crippen molar-refractivity contribution in [3.8, 4) is 5.75 Å². The molecule has 5 nitrogen and oxygen atoms in total. The second-order valence-corrected chi connectivity index (χ2v) is 6.62. The van der Waals surface area contributed by atoms with E-state index in [4.69, 9.17) is 4.74 Å². The largest absolute Gasteiger partial charge is 0.497 e. The zero-order valence-electron chi connectivity index (χ0n) is 13.5.